The molecular weight excluding hydrogens is 246 g/mol. The van der Waals surface area contributed by atoms with Crippen LogP contribution in [0, 0.1) is 22.7 Å². The number of nitriles is 2. The molecule has 0 aliphatic carbocycles. The van der Waals surface area contributed by atoms with Crippen LogP contribution in [0.2, 0.25) is 0 Å². The van der Waals surface area contributed by atoms with Gasteiger partial charge >= 0.3 is 5.97 Å². The highest BCUT2D eigenvalue weighted by atomic mass is 16.5. The van der Waals surface area contributed by atoms with Crippen molar-refractivity contribution in [3.8, 4) is 17.9 Å². The molecule has 0 aromatic heterocycles. The summed E-state index contributed by atoms with van der Waals surface area (Å²) in [5, 5.41) is 19.9. The van der Waals surface area contributed by atoms with Crippen molar-refractivity contribution in [3.05, 3.63) is 35.5 Å². The van der Waals surface area contributed by atoms with Crippen molar-refractivity contribution >= 4 is 11.7 Å². The quantitative estimate of drug-likeness (QED) is 0.653. The molecule has 0 unspecified atom stereocenters. The van der Waals surface area contributed by atoms with E-state index >= 15 is 0 Å². The summed E-state index contributed by atoms with van der Waals surface area (Å²) in [4.78, 5) is 11.4. The van der Waals surface area contributed by atoms with Gasteiger partial charge in [0, 0.05) is 18.0 Å². The maximum absolute atomic E-state index is 11.4. The highest BCUT2D eigenvalue weighted by molar-refractivity contribution is 5.93. The van der Waals surface area contributed by atoms with Gasteiger partial charge in [-0.05, 0) is 12.1 Å². The van der Waals surface area contributed by atoms with E-state index in [4.69, 9.17) is 15.3 Å². The Morgan fingerprint density at radius 3 is 2.53 bits per heavy atom. The average Bonchev–Trinajstić information content (AvgIpc) is 2.47. The van der Waals surface area contributed by atoms with Crippen molar-refractivity contribution in [2.45, 2.75) is 0 Å². The fraction of sp³-hybridized carbons (Fsp3) is 0.154. The van der Waals surface area contributed by atoms with Crippen LogP contribution in [0.15, 0.2) is 30.0 Å². The lowest BCUT2D eigenvalue weighted by molar-refractivity contribution is 0.0597. The number of rotatable bonds is 4. The molecule has 0 fully saturated rings. The largest absolute Gasteiger partial charge is 0.496 e. The van der Waals surface area contributed by atoms with E-state index in [1.807, 2.05) is 0 Å². The van der Waals surface area contributed by atoms with Gasteiger partial charge in [-0.15, -0.1) is 0 Å². The van der Waals surface area contributed by atoms with Gasteiger partial charge in [0.05, 0.1) is 14.2 Å². The van der Waals surface area contributed by atoms with Crippen molar-refractivity contribution in [2.75, 3.05) is 19.5 Å². The summed E-state index contributed by atoms with van der Waals surface area (Å²) >= 11 is 0. The molecule has 0 atom stereocenters. The Hall–Kier alpha value is -2.99. The third-order valence-electron chi connectivity index (χ3n) is 2.23. The zero-order chi connectivity index (χ0) is 14.3. The van der Waals surface area contributed by atoms with Gasteiger partial charge < -0.3 is 14.8 Å². The smallest absolute Gasteiger partial charge is 0.341 e. The Morgan fingerprint density at radius 2 is 2.00 bits per heavy atom. The van der Waals surface area contributed by atoms with Gasteiger partial charge in [-0.2, -0.15) is 10.5 Å². The molecule has 0 bridgehead atoms. The molecule has 1 N–H and O–H groups in total. The van der Waals surface area contributed by atoms with Gasteiger partial charge in [-0.25, -0.2) is 4.79 Å². The molecule has 0 radical (unpaired) electrons. The number of benzene rings is 1. The van der Waals surface area contributed by atoms with E-state index < -0.39 is 5.97 Å². The van der Waals surface area contributed by atoms with Crippen LogP contribution in [0.5, 0.6) is 5.75 Å². The Labute approximate surface area is 110 Å². The summed E-state index contributed by atoms with van der Waals surface area (Å²) in [6, 6.07) is 8.14. The van der Waals surface area contributed by atoms with Gasteiger partial charge in [0.2, 0.25) is 0 Å². The molecule has 0 aliphatic heterocycles. The fourth-order valence-electron chi connectivity index (χ4n) is 1.30. The van der Waals surface area contributed by atoms with E-state index in [2.05, 4.69) is 10.1 Å². The Bertz CT molecular complexity index is 578. The first kappa shape index (κ1) is 14.1. The predicted octanol–water partition coefficient (Wildman–Crippen LogP) is 1.82. The molecule has 0 saturated heterocycles. The van der Waals surface area contributed by atoms with Crippen LogP contribution in [-0.4, -0.2) is 20.2 Å². The first-order valence-corrected chi connectivity index (χ1v) is 5.19. The normalized spacial score (nSPS) is 8.63. The number of methoxy groups -OCH3 is 2. The minimum Gasteiger partial charge on any atom is -0.496 e. The number of carbonyl (C=O) groups excluding carboxylic acids is 1. The lowest BCUT2D eigenvalue weighted by Crippen LogP contribution is -2.04. The Kier molecular flexibility index (Phi) is 4.94. The van der Waals surface area contributed by atoms with Gasteiger partial charge in [0.15, 0.2) is 0 Å². The third-order valence-corrected chi connectivity index (χ3v) is 2.23. The maximum Gasteiger partial charge on any atom is 0.341 e. The van der Waals surface area contributed by atoms with E-state index in [0.717, 1.165) is 0 Å². The zero-order valence-corrected chi connectivity index (χ0v) is 10.4. The summed E-state index contributed by atoms with van der Waals surface area (Å²) < 4.78 is 9.69. The number of nitrogens with one attached hydrogen (secondary N) is 1. The molecule has 6 heteroatoms. The number of hydrogen-bond acceptors (Lipinski definition) is 6. The maximum atomic E-state index is 11.4. The van der Waals surface area contributed by atoms with E-state index in [-0.39, 0.29) is 5.57 Å². The van der Waals surface area contributed by atoms with Crippen LogP contribution in [0.3, 0.4) is 0 Å². The molecule has 0 spiro atoms. The highest BCUT2D eigenvalue weighted by Crippen LogP contribution is 2.24. The number of ether oxygens (including phenoxy) is 2. The van der Waals surface area contributed by atoms with Crippen LogP contribution in [-0.2, 0) is 4.74 Å². The molecular formula is C13H11N3O3. The molecule has 0 aliphatic rings. The number of hydrogen-bond donors (Lipinski definition) is 1. The summed E-state index contributed by atoms with van der Waals surface area (Å²) in [6.45, 7) is 0. The van der Waals surface area contributed by atoms with Crippen LogP contribution in [0.1, 0.15) is 10.4 Å². The molecule has 6 nitrogen and oxygen atoms in total. The van der Waals surface area contributed by atoms with Gasteiger partial charge in [-0.1, -0.05) is 0 Å². The number of nitrogens with zero attached hydrogens (tertiary/aromatic N) is 2. The summed E-state index contributed by atoms with van der Waals surface area (Å²) in [5.74, 6) is -0.172. The van der Waals surface area contributed by atoms with Crippen molar-refractivity contribution in [1.82, 2.24) is 0 Å². The summed E-state index contributed by atoms with van der Waals surface area (Å²) in [7, 11) is 2.71. The van der Waals surface area contributed by atoms with E-state index in [1.54, 1.807) is 24.3 Å². The van der Waals surface area contributed by atoms with Crippen molar-refractivity contribution in [3.63, 3.8) is 0 Å². The van der Waals surface area contributed by atoms with E-state index in [0.29, 0.717) is 17.0 Å². The number of allylic oxidation sites excluding steroid dienone is 1. The minimum atomic E-state index is -0.506. The monoisotopic (exact) mass is 257 g/mol. The third kappa shape index (κ3) is 3.48. The molecule has 19 heavy (non-hydrogen) atoms. The molecule has 96 valence electrons. The molecule has 1 aromatic carbocycles. The predicted molar refractivity (Wildman–Crippen MR) is 67.3 cm³/mol. The Balaban J connectivity index is 3.02. The molecule has 1 aromatic rings. The second-order valence-electron chi connectivity index (χ2n) is 3.33. The summed E-state index contributed by atoms with van der Waals surface area (Å²) in [5.41, 5.74) is 0.809. The zero-order valence-electron chi connectivity index (χ0n) is 10.4. The van der Waals surface area contributed by atoms with Gasteiger partial charge in [0.25, 0.3) is 0 Å². The van der Waals surface area contributed by atoms with Crippen LogP contribution < -0.4 is 10.1 Å². The van der Waals surface area contributed by atoms with Crippen LogP contribution in [0.4, 0.5) is 5.69 Å². The Morgan fingerprint density at radius 1 is 1.32 bits per heavy atom. The first-order chi connectivity index (χ1) is 9.15. The molecule has 1 rings (SSSR count). The van der Waals surface area contributed by atoms with Gasteiger partial charge in [0.1, 0.15) is 29.0 Å². The van der Waals surface area contributed by atoms with E-state index in [1.165, 1.54) is 26.5 Å². The fourth-order valence-corrected chi connectivity index (χ4v) is 1.30. The van der Waals surface area contributed by atoms with E-state index in [9.17, 15) is 4.79 Å². The molecule has 0 amide bonds. The topological polar surface area (TPSA) is 95.1 Å². The summed E-state index contributed by atoms with van der Waals surface area (Å²) in [6.07, 6.45) is 1.27. The minimum absolute atomic E-state index is 0.0592. The van der Waals surface area contributed by atoms with Crippen LogP contribution in [0.25, 0.3) is 0 Å². The van der Waals surface area contributed by atoms with Gasteiger partial charge in [-0.3, -0.25) is 0 Å². The SMILES string of the molecule is COC(=O)c1ccc(NC=C(C#N)C#N)cc1OC. The highest BCUT2D eigenvalue weighted by Gasteiger charge is 2.12. The number of esters is 1. The standard InChI is InChI=1S/C13H11N3O3/c1-18-12-5-10(16-8-9(6-14)7-15)3-4-11(12)13(17)19-2/h3-5,8,16H,1-2H3. The lowest BCUT2D eigenvalue weighted by Gasteiger charge is -2.09. The molecule has 0 heterocycles. The second-order valence-corrected chi connectivity index (χ2v) is 3.33. The number of carbonyl (C=O) groups is 1. The number of anilines is 1. The molecule has 0 saturated carbocycles. The average molecular weight is 257 g/mol. The van der Waals surface area contributed by atoms with Crippen molar-refractivity contribution < 1.29 is 14.3 Å². The van der Waals surface area contributed by atoms with Crippen molar-refractivity contribution in [1.29, 1.82) is 10.5 Å². The lowest BCUT2D eigenvalue weighted by atomic mass is 10.2. The second kappa shape index (κ2) is 6.67. The van der Waals surface area contributed by atoms with Crippen molar-refractivity contribution in [2.24, 2.45) is 0 Å². The first-order valence-electron chi connectivity index (χ1n) is 5.19. The van der Waals surface area contributed by atoms with Crippen LogP contribution >= 0.6 is 0 Å².